The zero-order valence-electron chi connectivity index (χ0n) is 7.30. The minimum absolute atomic E-state index is 0.0853. The smallest absolute Gasteiger partial charge is 0.309 e. The minimum atomic E-state index is -0.413. The molecule has 1 saturated carbocycles. The van der Waals surface area contributed by atoms with Gasteiger partial charge in [0.05, 0.1) is 13.0 Å². The third-order valence-electron chi connectivity index (χ3n) is 2.33. The average molecular weight is 185 g/mol. The van der Waals surface area contributed by atoms with Crippen LogP contribution in [0.3, 0.4) is 0 Å². The predicted molar refractivity (Wildman–Crippen MR) is 44.5 cm³/mol. The highest BCUT2D eigenvalue weighted by atomic mass is 16.6. The van der Waals surface area contributed by atoms with Crippen LogP contribution in [0.2, 0.25) is 0 Å². The lowest BCUT2D eigenvalue weighted by atomic mass is 10.3. The molecular weight excluding hydrogens is 174 g/mol. The second-order valence-electron chi connectivity index (χ2n) is 3.04. The zero-order valence-corrected chi connectivity index (χ0v) is 7.30. The fourth-order valence-corrected chi connectivity index (χ4v) is 1.60. The van der Waals surface area contributed by atoms with Gasteiger partial charge in [0.1, 0.15) is 0 Å². The van der Waals surface area contributed by atoms with Crippen molar-refractivity contribution in [3.63, 3.8) is 0 Å². The molecule has 5 heteroatoms. The summed E-state index contributed by atoms with van der Waals surface area (Å²) < 4.78 is 4.51. The maximum absolute atomic E-state index is 11.0. The van der Waals surface area contributed by atoms with E-state index >= 15 is 0 Å². The van der Waals surface area contributed by atoms with Crippen molar-refractivity contribution in [2.75, 3.05) is 13.7 Å². The van der Waals surface area contributed by atoms with Gasteiger partial charge in [-0.15, -0.1) is 6.58 Å². The molecule has 0 radical (unpaired) electrons. The fourth-order valence-electron chi connectivity index (χ4n) is 1.60. The van der Waals surface area contributed by atoms with Crippen molar-refractivity contribution in [3.8, 4) is 0 Å². The van der Waals surface area contributed by atoms with Crippen LogP contribution in [0.25, 0.3) is 0 Å². The van der Waals surface area contributed by atoms with E-state index < -0.39 is 4.92 Å². The van der Waals surface area contributed by atoms with E-state index in [4.69, 9.17) is 0 Å². The van der Waals surface area contributed by atoms with E-state index in [1.807, 2.05) is 0 Å². The highest BCUT2D eigenvalue weighted by Crippen LogP contribution is 2.47. The Bertz CT molecular complexity index is 251. The van der Waals surface area contributed by atoms with Crippen LogP contribution in [0.5, 0.6) is 0 Å². The Morgan fingerprint density at radius 1 is 1.77 bits per heavy atom. The Hall–Kier alpha value is -1.39. The molecule has 0 bridgehead atoms. The molecule has 0 spiro atoms. The van der Waals surface area contributed by atoms with Gasteiger partial charge in [-0.25, -0.2) is 0 Å². The number of carbonyl (C=O) groups is 1. The summed E-state index contributed by atoms with van der Waals surface area (Å²) in [5.74, 6) is -1.04. The first-order valence-electron chi connectivity index (χ1n) is 3.94. The molecule has 1 aliphatic rings. The van der Waals surface area contributed by atoms with Crippen LogP contribution in [0, 0.1) is 27.9 Å². The van der Waals surface area contributed by atoms with E-state index in [1.54, 1.807) is 6.08 Å². The van der Waals surface area contributed by atoms with Crippen LogP contribution in [0.1, 0.15) is 0 Å². The first kappa shape index (κ1) is 9.70. The van der Waals surface area contributed by atoms with Crippen molar-refractivity contribution in [1.29, 1.82) is 0 Å². The molecule has 1 rings (SSSR count). The van der Waals surface area contributed by atoms with Gasteiger partial charge in [0.25, 0.3) is 0 Å². The van der Waals surface area contributed by atoms with Crippen molar-refractivity contribution in [1.82, 2.24) is 0 Å². The number of methoxy groups -OCH3 is 1. The quantitative estimate of drug-likeness (QED) is 0.276. The highest BCUT2D eigenvalue weighted by molar-refractivity contribution is 5.76. The molecule has 1 fully saturated rings. The number of rotatable bonds is 4. The van der Waals surface area contributed by atoms with E-state index in [9.17, 15) is 14.9 Å². The number of allylic oxidation sites excluding steroid dienone is 1. The SMILES string of the molecule is C=C[C@@H]1[C@H](C[N+](=O)[O-])[C@H]1C(=O)OC. The summed E-state index contributed by atoms with van der Waals surface area (Å²) in [6, 6.07) is 0. The number of carbonyl (C=O) groups excluding carboxylic acids is 1. The van der Waals surface area contributed by atoms with Crippen molar-refractivity contribution >= 4 is 5.97 Å². The van der Waals surface area contributed by atoms with Crippen LogP contribution in [0.15, 0.2) is 12.7 Å². The molecule has 13 heavy (non-hydrogen) atoms. The van der Waals surface area contributed by atoms with Crippen LogP contribution >= 0.6 is 0 Å². The fraction of sp³-hybridized carbons (Fsp3) is 0.625. The first-order valence-corrected chi connectivity index (χ1v) is 3.94. The molecule has 0 N–H and O–H groups in total. The average Bonchev–Trinajstić information content (AvgIpc) is 2.75. The van der Waals surface area contributed by atoms with Crippen LogP contribution in [-0.4, -0.2) is 24.5 Å². The molecule has 5 nitrogen and oxygen atoms in total. The third kappa shape index (κ3) is 1.85. The molecule has 0 unspecified atom stereocenters. The molecule has 3 atom stereocenters. The van der Waals surface area contributed by atoms with Crippen molar-refractivity contribution < 1.29 is 14.5 Å². The summed E-state index contributed by atoms with van der Waals surface area (Å²) >= 11 is 0. The van der Waals surface area contributed by atoms with Crippen molar-refractivity contribution in [2.24, 2.45) is 17.8 Å². The third-order valence-corrected chi connectivity index (χ3v) is 2.33. The van der Waals surface area contributed by atoms with Gasteiger partial charge in [-0.05, 0) is 0 Å². The van der Waals surface area contributed by atoms with Crippen LogP contribution in [-0.2, 0) is 9.53 Å². The minimum Gasteiger partial charge on any atom is -0.469 e. The molecule has 0 aromatic rings. The first-order chi connectivity index (χ1) is 6.11. The standard InChI is InChI=1S/C8H11NO4/c1-3-5-6(4-9(11)12)7(5)8(10)13-2/h3,5-7H,1,4H2,2H3/t5-,6+,7+/m1/s1. The predicted octanol–water partition coefficient (Wildman–Crippen LogP) is 0.484. The summed E-state index contributed by atoms with van der Waals surface area (Å²) in [6.07, 6.45) is 1.58. The lowest BCUT2D eigenvalue weighted by Gasteiger charge is -1.93. The van der Waals surface area contributed by atoms with Gasteiger partial charge in [0.2, 0.25) is 6.54 Å². The number of ether oxygens (including phenoxy) is 1. The Balaban J connectivity index is 2.54. The van der Waals surface area contributed by atoms with Gasteiger partial charge in [-0.2, -0.15) is 0 Å². The largest absolute Gasteiger partial charge is 0.469 e. The van der Waals surface area contributed by atoms with Gasteiger partial charge in [0.15, 0.2) is 0 Å². The van der Waals surface area contributed by atoms with Crippen molar-refractivity contribution in [3.05, 3.63) is 22.8 Å². The van der Waals surface area contributed by atoms with E-state index in [2.05, 4.69) is 11.3 Å². The van der Waals surface area contributed by atoms with E-state index in [0.29, 0.717) is 0 Å². The molecule has 0 amide bonds. The highest BCUT2D eigenvalue weighted by Gasteiger charge is 2.56. The molecular formula is C8H11NO4. The molecule has 0 aromatic heterocycles. The summed E-state index contributed by atoms with van der Waals surface area (Å²) in [5.41, 5.74) is 0. The monoisotopic (exact) mass is 185 g/mol. The molecule has 0 aromatic carbocycles. The van der Waals surface area contributed by atoms with Gasteiger partial charge >= 0.3 is 5.97 Å². The Kier molecular flexibility index (Phi) is 2.65. The summed E-state index contributed by atoms with van der Waals surface area (Å²) in [6.45, 7) is 3.33. The van der Waals surface area contributed by atoms with Gasteiger partial charge in [-0.3, -0.25) is 14.9 Å². The number of hydrogen-bond donors (Lipinski definition) is 0. The Morgan fingerprint density at radius 2 is 2.38 bits per heavy atom. The lowest BCUT2D eigenvalue weighted by molar-refractivity contribution is -0.484. The van der Waals surface area contributed by atoms with Crippen LogP contribution in [0.4, 0.5) is 0 Å². The van der Waals surface area contributed by atoms with E-state index in [-0.39, 0.29) is 30.3 Å². The van der Waals surface area contributed by atoms with Crippen LogP contribution < -0.4 is 0 Å². The molecule has 72 valence electrons. The lowest BCUT2D eigenvalue weighted by Crippen LogP contribution is -2.09. The molecule has 0 aliphatic heterocycles. The topological polar surface area (TPSA) is 69.4 Å². The number of nitrogens with zero attached hydrogens (tertiary/aromatic N) is 1. The van der Waals surface area contributed by atoms with Gasteiger partial charge in [0, 0.05) is 16.8 Å². The summed E-state index contributed by atoms with van der Waals surface area (Å²) in [4.78, 5) is 20.8. The molecule has 0 saturated heterocycles. The molecule has 0 heterocycles. The second-order valence-corrected chi connectivity index (χ2v) is 3.04. The maximum atomic E-state index is 11.0. The molecule has 1 aliphatic carbocycles. The maximum Gasteiger partial charge on any atom is 0.309 e. The van der Waals surface area contributed by atoms with Crippen molar-refractivity contribution in [2.45, 2.75) is 0 Å². The van der Waals surface area contributed by atoms with E-state index in [1.165, 1.54) is 7.11 Å². The number of hydrogen-bond acceptors (Lipinski definition) is 4. The number of nitro groups is 1. The Labute approximate surface area is 75.5 Å². The summed E-state index contributed by atoms with van der Waals surface area (Å²) in [5, 5.41) is 10.2. The van der Waals surface area contributed by atoms with Gasteiger partial charge in [-0.1, -0.05) is 6.08 Å². The summed E-state index contributed by atoms with van der Waals surface area (Å²) in [7, 11) is 1.28. The second kappa shape index (κ2) is 3.55. The van der Waals surface area contributed by atoms with Gasteiger partial charge < -0.3 is 4.74 Å². The zero-order chi connectivity index (χ0) is 10.0. The van der Waals surface area contributed by atoms with E-state index in [0.717, 1.165) is 0 Å². The normalized spacial score (nSPS) is 30.7. The number of esters is 1. The Morgan fingerprint density at radius 3 is 2.77 bits per heavy atom.